The molecule has 0 bridgehead atoms. The molecular formula is C14H24N2OS. The highest BCUT2D eigenvalue weighted by Gasteiger charge is 2.35. The fourth-order valence-electron chi connectivity index (χ4n) is 2.35. The van der Waals surface area contributed by atoms with E-state index < -0.39 is 0 Å². The smallest absolute Gasteiger partial charge is 0.125 e. The zero-order valence-corrected chi connectivity index (χ0v) is 12.7. The van der Waals surface area contributed by atoms with Crippen molar-refractivity contribution in [2.75, 3.05) is 13.2 Å². The first-order valence-corrected chi connectivity index (χ1v) is 7.73. The Bertz CT molecular complexity index is 394. The molecule has 1 aliphatic rings. The second-order valence-corrected chi connectivity index (χ2v) is 6.53. The summed E-state index contributed by atoms with van der Waals surface area (Å²) in [6, 6.07) is 0. The van der Waals surface area contributed by atoms with Gasteiger partial charge in [0.2, 0.25) is 0 Å². The third-order valence-corrected chi connectivity index (χ3v) is 4.80. The summed E-state index contributed by atoms with van der Waals surface area (Å²) in [5, 5.41) is 4.57. The third kappa shape index (κ3) is 2.76. The van der Waals surface area contributed by atoms with Gasteiger partial charge in [-0.05, 0) is 32.2 Å². The van der Waals surface area contributed by atoms with E-state index in [1.54, 1.807) is 0 Å². The van der Waals surface area contributed by atoms with Gasteiger partial charge in [-0.3, -0.25) is 0 Å². The van der Waals surface area contributed by atoms with E-state index in [-0.39, 0.29) is 5.60 Å². The number of thiazole rings is 1. The first-order valence-electron chi connectivity index (χ1n) is 6.91. The average Bonchev–Trinajstić information content (AvgIpc) is 2.93. The van der Waals surface area contributed by atoms with Gasteiger partial charge in [0.05, 0.1) is 5.69 Å². The predicted molar refractivity (Wildman–Crippen MR) is 76.1 cm³/mol. The molecule has 1 fully saturated rings. The van der Waals surface area contributed by atoms with Gasteiger partial charge in [-0.1, -0.05) is 20.8 Å². The monoisotopic (exact) mass is 268 g/mol. The number of hydrogen-bond acceptors (Lipinski definition) is 4. The van der Waals surface area contributed by atoms with Gasteiger partial charge in [0, 0.05) is 18.0 Å². The van der Waals surface area contributed by atoms with Crippen LogP contribution in [0.15, 0.2) is 0 Å². The van der Waals surface area contributed by atoms with Crippen LogP contribution in [0.3, 0.4) is 0 Å². The van der Waals surface area contributed by atoms with Crippen molar-refractivity contribution in [3.8, 4) is 0 Å². The van der Waals surface area contributed by atoms with E-state index in [0.29, 0.717) is 5.92 Å². The van der Waals surface area contributed by atoms with Crippen LogP contribution in [0.25, 0.3) is 0 Å². The summed E-state index contributed by atoms with van der Waals surface area (Å²) < 4.78 is 5.91. The molecule has 1 unspecified atom stereocenters. The Labute approximate surface area is 114 Å². The Morgan fingerprint density at radius 2 is 2.28 bits per heavy atom. The van der Waals surface area contributed by atoms with Crippen molar-refractivity contribution in [3.63, 3.8) is 0 Å². The van der Waals surface area contributed by atoms with E-state index in [9.17, 15) is 0 Å². The summed E-state index contributed by atoms with van der Waals surface area (Å²) in [6.45, 7) is 11.5. The van der Waals surface area contributed by atoms with Crippen LogP contribution in [-0.2, 0) is 16.9 Å². The number of aromatic nitrogens is 1. The highest BCUT2D eigenvalue weighted by Crippen LogP contribution is 2.39. The van der Waals surface area contributed by atoms with E-state index >= 15 is 0 Å². The minimum atomic E-state index is -0.140. The highest BCUT2D eigenvalue weighted by molar-refractivity contribution is 7.11. The van der Waals surface area contributed by atoms with Crippen molar-refractivity contribution >= 4 is 11.3 Å². The molecule has 0 radical (unpaired) electrons. The Kier molecular flexibility index (Phi) is 4.41. The molecule has 4 heteroatoms. The van der Waals surface area contributed by atoms with Gasteiger partial charge >= 0.3 is 0 Å². The van der Waals surface area contributed by atoms with E-state index in [4.69, 9.17) is 9.72 Å². The van der Waals surface area contributed by atoms with Gasteiger partial charge in [0.1, 0.15) is 10.6 Å². The number of nitrogens with one attached hydrogen (secondary N) is 1. The first kappa shape index (κ1) is 14.0. The molecule has 1 N–H and O–H groups in total. The lowest BCUT2D eigenvalue weighted by Crippen LogP contribution is -2.19. The minimum Gasteiger partial charge on any atom is -0.368 e. The quantitative estimate of drug-likeness (QED) is 0.888. The van der Waals surface area contributed by atoms with Crippen LogP contribution in [0.1, 0.15) is 62.0 Å². The Morgan fingerprint density at radius 1 is 1.50 bits per heavy atom. The summed E-state index contributed by atoms with van der Waals surface area (Å²) in [4.78, 5) is 6.24. The zero-order chi connectivity index (χ0) is 13.2. The summed E-state index contributed by atoms with van der Waals surface area (Å²) in [5.41, 5.74) is 1.10. The standard InChI is InChI=1S/C14H24N2OS/c1-5-15-9-11-12(10(2)3)16-13(18-11)14(4)7-6-8-17-14/h10,15H,5-9H2,1-4H3. The van der Waals surface area contributed by atoms with Gasteiger partial charge in [-0.2, -0.15) is 0 Å². The van der Waals surface area contributed by atoms with Gasteiger partial charge < -0.3 is 10.1 Å². The molecule has 1 aromatic heterocycles. The van der Waals surface area contributed by atoms with Gasteiger partial charge in [-0.25, -0.2) is 4.98 Å². The lowest BCUT2D eigenvalue weighted by Gasteiger charge is -2.19. The molecular weight excluding hydrogens is 244 g/mol. The van der Waals surface area contributed by atoms with Gasteiger partial charge in [-0.15, -0.1) is 11.3 Å². The minimum absolute atomic E-state index is 0.140. The Balaban J connectivity index is 2.26. The topological polar surface area (TPSA) is 34.1 Å². The van der Waals surface area contributed by atoms with Crippen molar-refractivity contribution in [1.29, 1.82) is 0 Å². The molecule has 0 saturated carbocycles. The van der Waals surface area contributed by atoms with Crippen LogP contribution in [0.5, 0.6) is 0 Å². The lowest BCUT2D eigenvalue weighted by atomic mass is 10.0. The van der Waals surface area contributed by atoms with Crippen LogP contribution >= 0.6 is 11.3 Å². The molecule has 0 aliphatic carbocycles. The highest BCUT2D eigenvalue weighted by atomic mass is 32.1. The molecule has 3 nitrogen and oxygen atoms in total. The third-order valence-electron chi connectivity index (χ3n) is 3.48. The molecule has 0 amide bonds. The SMILES string of the molecule is CCNCc1sc(C2(C)CCCO2)nc1C(C)C. The van der Waals surface area contributed by atoms with Crippen molar-refractivity contribution in [2.45, 2.75) is 58.6 Å². The molecule has 1 aromatic rings. The summed E-state index contributed by atoms with van der Waals surface area (Å²) in [6.07, 6.45) is 2.24. The van der Waals surface area contributed by atoms with E-state index in [2.05, 4.69) is 33.0 Å². The number of ether oxygens (including phenoxy) is 1. The van der Waals surface area contributed by atoms with E-state index in [1.807, 2.05) is 11.3 Å². The van der Waals surface area contributed by atoms with Crippen LogP contribution in [0, 0.1) is 0 Å². The van der Waals surface area contributed by atoms with Crippen LogP contribution < -0.4 is 5.32 Å². The van der Waals surface area contributed by atoms with Gasteiger partial charge in [0.25, 0.3) is 0 Å². The first-order chi connectivity index (χ1) is 8.57. The lowest BCUT2D eigenvalue weighted by molar-refractivity contribution is 0.0165. The molecule has 1 aliphatic heterocycles. The fraction of sp³-hybridized carbons (Fsp3) is 0.786. The molecule has 1 saturated heterocycles. The molecule has 0 aromatic carbocycles. The van der Waals surface area contributed by atoms with Crippen LogP contribution in [-0.4, -0.2) is 18.1 Å². The summed E-state index contributed by atoms with van der Waals surface area (Å²) in [5.74, 6) is 0.480. The van der Waals surface area contributed by atoms with Crippen molar-refractivity contribution in [2.24, 2.45) is 0 Å². The maximum Gasteiger partial charge on any atom is 0.125 e. The number of rotatable bonds is 5. The largest absolute Gasteiger partial charge is 0.368 e. The Hall–Kier alpha value is -0.450. The average molecular weight is 268 g/mol. The maximum absolute atomic E-state index is 5.91. The summed E-state index contributed by atoms with van der Waals surface area (Å²) in [7, 11) is 0. The van der Waals surface area contributed by atoms with Gasteiger partial charge in [0.15, 0.2) is 0 Å². The zero-order valence-electron chi connectivity index (χ0n) is 11.9. The van der Waals surface area contributed by atoms with Crippen LogP contribution in [0.4, 0.5) is 0 Å². The fourth-order valence-corrected chi connectivity index (χ4v) is 3.67. The van der Waals surface area contributed by atoms with Crippen molar-refractivity contribution in [3.05, 3.63) is 15.6 Å². The number of nitrogens with zero attached hydrogens (tertiary/aromatic N) is 1. The van der Waals surface area contributed by atoms with Crippen molar-refractivity contribution < 1.29 is 4.74 Å². The second kappa shape index (κ2) is 5.68. The normalized spacial score (nSPS) is 24.1. The number of hydrogen-bond donors (Lipinski definition) is 1. The molecule has 1 atom stereocenters. The van der Waals surface area contributed by atoms with E-state index in [1.165, 1.54) is 10.6 Å². The molecule has 102 valence electrons. The molecule has 2 heterocycles. The Morgan fingerprint density at radius 3 is 2.83 bits per heavy atom. The summed E-state index contributed by atoms with van der Waals surface area (Å²) >= 11 is 1.83. The molecule has 0 spiro atoms. The predicted octanol–water partition coefficient (Wildman–Crippen LogP) is 3.40. The molecule has 18 heavy (non-hydrogen) atoms. The van der Waals surface area contributed by atoms with E-state index in [0.717, 1.165) is 37.5 Å². The van der Waals surface area contributed by atoms with Crippen molar-refractivity contribution in [1.82, 2.24) is 10.3 Å². The molecule has 2 rings (SSSR count). The maximum atomic E-state index is 5.91. The second-order valence-electron chi connectivity index (χ2n) is 5.45. The van der Waals surface area contributed by atoms with Crippen LogP contribution in [0.2, 0.25) is 0 Å².